The number of halogens is 2. The van der Waals surface area contributed by atoms with Crippen LogP contribution in [-0.2, 0) is 9.59 Å². The molecule has 0 spiro atoms. The van der Waals surface area contributed by atoms with Gasteiger partial charge in [-0.2, -0.15) is 5.10 Å². The van der Waals surface area contributed by atoms with Crippen molar-refractivity contribution in [1.29, 1.82) is 0 Å². The molecule has 2 N–H and O–H groups in total. The Bertz CT molecular complexity index is 1280. The summed E-state index contributed by atoms with van der Waals surface area (Å²) >= 11 is 11.7. The predicted molar refractivity (Wildman–Crippen MR) is 132 cm³/mol. The van der Waals surface area contributed by atoms with E-state index in [9.17, 15) is 14.4 Å². The smallest absolute Gasteiger partial charge is 0.343 e. The number of carbonyl (C=O) groups is 3. The highest BCUT2D eigenvalue weighted by atomic mass is 35.5. The summed E-state index contributed by atoms with van der Waals surface area (Å²) in [6.07, 6.45) is 1.32. The lowest BCUT2D eigenvalue weighted by atomic mass is 10.2. The molecule has 0 bridgehead atoms. The minimum atomic E-state index is -0.979. The molecule has 0 aromatic heterocycles. The molecule has 0 fully saturated rings. The first-order valence-corrected chi connectivity index (χ1v) is 10.7. The monoisotopic (exact) mass is 515 g/mol. The number of ether oxygens (including phenoxy) is 3. The summed E-state index contributed by atoms with van der Waals surface area (Å²) in [6, 6.07) is 15.4. The first-order valence-electron chi connectivity index (χ1n) is 9.94. The molecular formula is C24H19Cl2N3O6. The summed E-state index contributed by atoms with van der Waals surface area (Å²) in [7, 11) is 2.97. The maximum atomic E-state index is 12.4. The Morgan fingerprint density at radius 2 is 1.54 bits per heavy atom. The van der Waals surface area contributed by atoms with Crippen molar-refractivity contribution in [3.63, 3.8) is 0 Å². The quantitative estimate of drug-likeness (QED) is 0.159. The molecule has 35 heavy (non-hydrogen) atoms. The summed E-state index contributed by atoms with van der Waals surface area (Å²) in [5.41, 5.74) is 3.30. The number of carbonyl (C=O) groups excluding carboxylic acids is 3. The van der Waals surface area contributed by atoms with Crippen molar-refractivity contribution in [2.75, 3.05) is 19.5 Å². The first-order chi connectivity index (χ1) is 16.8. The molecule has 0 atom stereocenters. The van der Waals surface area contributed by atoms with Gasteiger partial charge in [-0.05, 0) is 66.2 Å². The number of hydrogen-bond donors (Lipinski definition) is 2. The second-order valence-electron chi connectivity index (χ2n) is 6.81. The van der Waals surface area contributed by atoms with Gasteiger partial charge in [0.1, 0.15) is 5.75 Å². The number of methoxy groups -OCH3 is 2. The van der Waals surface area contributed by atoms with Crippen LogP contribution in [0.3, 0.4) is 0 Å². The number of hydrogen-bond acceptors (Lipinski definition) is 7. The summed E-state index contributed by atoms with van der Waals surface area (Å²) in [5, 5.41) is 6.68. The Labute approximate surface area is 210 Å². The minimum Gasteiger partial charge on any atom is -0.493 e. The van der Waals surface area contributed by atoms with Crippen molar-refractivity contribution < 1.29 is 28.6 Å². The highest BCUT2D eigenvalue weighted by Crippen LogP contribution is 2.28. The van der Waals surface area contributed by atoms with Gasteiger partial charge in [-0.3, -0.25) is 9.59 Å². The third-order valence-electron chi connectivity index (χ3n) is 4.47. The van der Waals surface area contributed by atoms with E-state index in [0.717, 1.165) is 0 Å². The molecule has 9 nitrogen and oxygen atoms in total. The van der Waals surface area contributed by atoms with E-state index in [4.69, 9.17) is 37.4 Å². The fraction of sp³-hybridized carbons (Fsp3) is 0.0833. The number of amides is 2. The number of nitrogens with zero attached hydrogens (tertiary/aromatic N) is 1. The van der Waals surface area contributed by atoms with Gasteiger partial charge in [0.15, 0.2) is 11.5 Å². The van der Waals surface area contributed by atoms with Crippen molar-refractivity contribution in [2.24, 2.45) is 5.10 Å². The molecule has 0 aliphatic heterocycles. The second kappa shape index (κ2) is 11.9. The molecule has 0 unspecified atom stereocenters. The zero-order chi connectivity index (χ0) is 25.4. The van der Waals surface area contributed by atoms with Crippen LogP contribution in [0.1, 0.15) is 15.9 Å². The third kappa shape index (κ3) is 6.95. The van der Waals surface area contributed by atoms with Gasteiger partial charge >= 0.3 is 17.8 Å². The summed E-state index contributed by atoms with van der Waals surface area (Å²) in [4.78, 5) is 36.3. The van der Waals surface area contributed by atoms with E-state index in [1.165, 1.54) is 44.7 Å². The van der Waals surface area contributed by atoms with E-state index >= 15 is 0 Å². The number of esters is 1. The van der Waals surface area contributed by atoms with E-state index < -0.39 is 17.8 Å². The standard InChI is InChI=1S/C24H19Cl2N3O6/c1-33-20-10-5-15(11-21(20)34-2)24(32)35-17-7-3-14(4-8-17)13-27-29-23(31)22(30)28-16-6-9-18(25)19(26)12-16/h3-13H,1-2H3,(H,28,30)(H,29,31)/b27-13+. The van der Waals surface area contributed by atoms with Gasteiger partial charge in [0.2, 0.25) is 0 Å². The third-order valence-corrected chi connectivity index (χ3v) is 5.21. The maximum Gasteiger partial charge on any atom is 0.343 e. The lowest BCUT2D eigenvalue weighted by Gasteiger charge is -2.09. The van der Waals surface area contributed by atoms with Crippen LogP contribution in [0.2, 0.25) is 10.0 Å². The average molecular weight is 516 g/mol. The van der Waals surface area contributed by atoms with Gasteiger partial charge < -0.3 is 19.5 Å². The van der Waals surface area contributed by atoms with Crippen molar-refractivity contribution in [3.8, 4) is 17.2 Å². The van der Waals surface area contributed by atoms with Gasteiger partial charge in [-0.25, -0.2) is 10.2 Å². The molecule has 11 heteroatoms. The van der Waals surface area contributed by atoms with E-state index in [1.807, 2.05) is 0 Å². The highest BCUT2D eigenvalue weighted by molar-refractivity contribution is 6.43. The molecule has 3 aromatic rings. The summed E-state index contributed by atoms with van der Waals surface area (Å²) in [6.45, 7) is 0. The summed E-state index contributed by atoms with van der Waals surface area (Å²) < 4.78 is 15.7. The number of benzene rings is 3. The number of hydrazone groups is 1. The van der Waals surface area contributed by atoms with Crippen LogP contribution in [-0.4, -0.2) is 38.2 Å². The van der Waals surface area contributed by atoms with E-state index in [0.29, 0.717) is 33.5 Å². The molecule has 3 rings (SSSR count). The van der Waals surface area contributed by atoms with E-state index in [2.05, 4.69) is 15.8 Å². The van der Waals surface area contributed by atoms with Crippen LogP contribution < -0.4 is 25.0 Å². The molecule has 0 heterocycles. The van der Waals surface area contributed by atoms with Crippen LogP contribution in [0.25, 0.3) is 0 Å². The SMILES string of the molecule is COc1ccc(C(=O)Oc2ccc(/C=N/NC(=O)C(=O)Nc3ccc(Cl)c(Cl)c3)cc2)cc1OC. The molecule has 0 saturated heterocycles. The zero-order valence-corrected chi connectivity index (χ0v) is 20.0. The lowest BCUT2D eigenvalue weighted by molar-refractivity contribution is -0.136. The van der Waals surface area contributed by atoms with Gasteiger partial charge in [-0.1, -0.05) is 23.2 Å². The van der Waals surface area contributed by atoms with E-state index in [1.54, 1.807) is 36.4 Å². The van der Waals surface area contributed by atoms with Crippen LogP contribution in [0.5, 0.6) is 17.2 Å². The molecule has 0 saturated carbocycles. The molecule has 3 aromatic carbocycles. The molecule has 0 aliphatic rings. The van der Waals surface area contributed by atoms with Crippen LogP contribution >= 0.6 is 23.2 Å². The number of rotatable bonds is 7. The van der Waals surface area contributed by atoms with E-state index in [-0.39, 0.29) is 10.6 Å². The number of nitrogens with one attached hydrogen (secondary N) is 2. The first kappa shape index (κ1) is 25.5. The molecule has 0 aliphatic carbocycles. The fourth-order valence-corrected chi connectivity index (χ4v) is 3.03. The molecule has 0 radical (unpaired) electrons. The molecular weight excluding hydrogens is 497 g/mol. The average Bonchev–Trinajstić information content (AvgIpc) is 2.86. The Balaban J connectivity index is 1.53. The Morgan fingerprint density at radius 1 is 0.829 bits per heavy atom. The predicted octanol–water partition coefficient (Wildman–Crippen LogP) is 4.32. The topological polar surface area (TPSA) is 115 Å². The van der Waals surface area contributed by atoms with Gasteiger partial charge in [-0.15, -0.1) is 0 Å². The number of anilines is 1. The van der Waals surface area contributed by atoms with Crippen molar-refractivity contribution in [2.45, 2.75) is 0 Å². The molecule has 180 valence electrons. The Morgan fingerprint density at radius 3 is 2.20 bits per heavy atom. The summed E-state index contributed by atoms with van der Waals surface area (Å²) in [5.74, 6) is -1.29. The van der Waals surface area contributed by atoms with Crippen molar-refractivity contribution in [1.82, 2.24) is 5.43 Å². The van der Waals surface area contributed by atoms with Crippen molar-refractivity contribution >= 4 is 52.9 Å². The van der Waals surface area contributed by atoms with Gasteiger partial charge in [0.25, 0.3) is 0 Å². The highest BCUT2D eigenvalue weighted by Gasteiger charge is 2.14. The lowest BCUT2D eigenvalue weighted by Crippen LogP contribution is -2.32. The Kier molecular flexibility index (Phi) is 8.66. The maximum absolute atomic E-state index is 12.4. The van der Waals surface area contributed by atoms with Crippen molar-refractivity contribution in [3.05, 3.63) is 81.8 Å². The van der Waals surface area contributed by atoms with Crippen LogP contribution in [0.15, 0.2) is 65.8 Å². The van der Waals surface area contributed by atoms with Gasteiger partial charge in [0, 0.05) is 5.69 Å². The second-order valence-corrected chi connectivity index (χ2v) is 7.62. The normalized spacial score (nSPS) is 10.5. The Hall–Kier alpha value is -4.08. The zero-order valence-electron chi connectivity index (χ0n) is 18.5. The van der Waals surface area contributed by atoms with Gasteiger partial charge in [0.05, 0.1) is 36.0 Å². The minimum absolute atomic E-state index is 0.237. The largest absolute Gasteiger partial charge is 0.493 e. The van der Waals surface area contributed by atoms with Crippen LogP contribution in [0.4, 0.5) is 5.69 Å². The molecule has 2 amide bonds. The fourth-order valence-electron chi connectivity index (χ4n) is 2.73. The van der Waals surface area contributed by atoms with Crippen LogP contribution in [0, 0.1) is 0 Å².